The highest BCUT2D eigenvalue weighted by Crippen LogP contribution is 2.39. The van der Waals surface area contributed by atoms with Crippen LogP contribution in [0.3, 0.4) is 0 Å². The molecule has 0 atom stereocenters. The van der Waals surface area contributed by atoms with Gasteiger partial charge in [0.1, 0.15) is 12.4 Å². The minimum Gasteiger partial charge on any atom is -0.488 e. The second-order valence-electron chi connectivity index (χ2n) is 7.10. The molecule has 0 amide bonds. The van der Waals surface area contributed by atoms with E-state index in [4.69, 9.17) is 18.9 Å². The number of hydrogen-bond donors (Lipinski definition) is 0. The second-order valence-corrected chi connectivity index (χ2v) is 7.10. The quantitative estimate of drug-likeness (QED) is 0.273. The summed E-state index contributed by atoms with van der Waals surface area (Å²) in [6.45, 7) is 1.000. The van der Waals surface area contributed by atoms with Crippen LogP contribution in [0.5, 0.6) is 17.2 Å². The largest absolute Gasteiger partial charge is 0.488 e. The maximum Gasteiger partial charge on any atom is 0.330 e. The molecule has 0 saturated carbocycles. The van der Waals surface area contributed by atoms with Crippen molar-refractivity contribution in [2.75, 3.05) is 13.4 Å². The van der Waals surface area contributed by atoms with Crippen LogP contribution in [0, 0.1) is 0 Å². The summed E-state index contributed by atoms with van der Waals surface area (Å²) in [6, 6.07) is 23.5. The Hall–Kier alpha value is -3.73. The highest BCUT2D eigenvalue weighted by molar-refractivity contribution is 5.87. The molecule has 1 aliphatic rings. The van der Waals surface area contributed by atoms with Gasteiger partial charge in [-0.3, -0.25) is 0 Å². The molecule has 5 nitrogen and oxygen atoms in total. The fourth-order valence-corrected chi connectivity index (χ4v) is 3.24. The van der Waals surface area contributed by atoms with E-state index >= 15 is 0 Å². The number of aryl methyl sites for hydroxylation is 1. The molecule has 0 saturated heterocycles. The van der Waals surface area contributed by atoms with Gasteiger partial charge in [-0.1, -0.05) is 60.7 Å². The Morgan fingerprint density at radius 2 is 1.65 bits per heavy atom. The highest BCUT2D eigenvalue weighted by atomic mass is 16.7. The monoisotopic (exact) mass is 416 g/mol. The molecule has 5 heteroatoms. The lowest BCUT2D eigenvalue weighted by atomic mass is 10.1. The van der Waals surface area contributed by atoms with Crippen molar-refractivity contribution < 1.29 is 23.7 Å². The van der Waals surface area contributed by atoms with Gasteiger partial charge >= 0.3 is 5.97 Å². The first-order chi connectivity index (χ1) is 15.3. The van der Waals surface area contributed by atoms with Crippen molar-refractivity contribution in [3.8, 4) is 17.2 Å². The lowest BCUT2D eigenvalue weighted by Gasteiger charge is -2.13. The van der Waals surface area contributed by atoms with Crippen LogP contribution in [0.25, 0.3) is 6.08 Å². The third-order valence-corrected chi connectivity index (χ3v) is 4.84. The molecular formula is C26H24O5. The van der Waals surface area contributed by atoms with Crippen molar-refractivity contribution in [3.05, 3.63) is 95.6 Å². The Balaban J connectivity index is 1.32. The third-order valence-electron chi connectivity index (χ3n) is 4.84. The molecule has 0 aliphatic carbocycles. The molecule has 3 aromatic rings. The van der Waals surface area contributed by atoms with Crippen molar-refractivity contribution in [1.29, 1.82) is 0 Å². The van der Waals surface area contributed by atoms with E-state index in [-0.39, 0.29) is 12.8 Å². The van der Waals surface area contributed by atoms with Crippen molar-refractivity contribution in [3.63, 3.8) is 0 Å². The molecule has 0 bridgehead atoms. The minimum absolute atomic E-state index is 0.211. The molecule has 3 aromatic carbocycles. The van der Waals surface area contributed by atoms with Gasteiger partial charge in [0.05, 0.1) is 6.61 Å². The lowest BCUT2D eigenvalue weighted by molar-refractivity contribution is -0.137. The zero-order valence-corrected chi connectivity index (χ0v) is 17.2. The molecule has 158 valence electrons. The number of benzene rings is 3. The van der Waals surface area contributed by atoms with Crippen LogP contribution < -0.4 is 14.2 Å². The van der Waals surface area contributed by atoms with Gasteiger partial charge in [-0.05, 0) is 41.7 Å². The van der Waals surface area contributed by atoms with E-state index in [2.05, 4.69) is 0 Å². The van der Waals surface area contributed by atoms with E-state index in [0.717, 1.165) is 22.4 Å². The Kier molecular flexibility index (Phi) is 6.85. The van der Waals surface area contributed by atoms with Gasteiger partial charge in [0.25, 0.3) is 0 Å². The number of esters is 1. The highest BCUT2D eigenvalue weighted by Gasteiger charge is 2.18. The number of fused-ring (bicyclic) bond motifs is 1. The molecule has 4 rings (SSSR count). The summed E-state index contributed by atoms with van der Waals surface area (Å²) in [5, 5.41) is 0. The summed E-state index contributed by atoms with van der Waals surface area (Å²) in [7, 11) is 0. The van der Waals surface area contributed by atoms with Crippen LogP contribution in [0.15, 0.2) is 78.9 Å². The number of carbonyl (C=O) groups excluding carboxylic acids is 1. The molecular weight excluding hydrogens is 392 g/mol. The van der Waals surface area contributed by atoms with Crippen LogP contribution in [-0.4, -0.2) is 19.4 Å². The van der Waals surface area contributed by atoms with Crippen LogP contribution in [-0.2, 0) is 22.6 Å². The summed E-state index contributed by atoms with van der Waals surface area (Å²) in [4.78, 5) is 11.9. The number of carbonyl (C=O) groups is 1. The Labute approximate surface area is 181 Å². The van der Waals surface area contributed by atoms with Gasteiger partial charge in [-0.2, -0.15) is 0 Å². The van der Waals surface area contributed by atoms with Crippen molar-refractivity contribution in [2.24, 2.45) is 0 Å². The summed E-state index contributed by atoms with van der Waals surface area (Å²) in [6.07, 6.45) is 4.56. The fraction of sp³-hybridized carbons (Fsp3) is 0.192. The van der Waals surface area contributed by atoms with Crippen LogP contribution >= 0.6 is 0 Å². The molecule has 0 aromatic heterocycles. The Morgan fingerprint density at radius 3 is 2.42 bits per heavy atom. The maximum absolute atomic E-state index is 11.9. The first-order valence-electron chi connectivity index (χ1n) is 10.3. The average Bonchev–Trinajstić information content (AvgIpc) is 3.27. The van der Waals surface area contributed by atoms with Crippen LogP contribution in [0.2, 0.25) is 0 Å². The van der Waals surface area contributed by atoms with E-state index in [1.54, 1.807) is 6.08 Å². The molecule has 0 N–H and O–H groups in total. The molecule has 0 radical (unpaired) electrons. The molecule has 0 fully saturated rings. The van der Waals surface area contributed by atoms with Crippen LogP contribution in [0.4, 0.5) is 0 Å². The molecule has 0 spiro atoms. The zero-order chi connectivity index (χ0) is 21.3. The minimum atomic E-state index is -0.352. The summed E-state index contributed by atoms with van der Waals surface area (Å²) in [5.74, 6) is 1.80. The van der Waals surface area contributed by atoms with Crippen molar-refractivity contribution in [2.45, 2.75) is 19.4 Å². The average molecular weight is 416 g/mol. The van der Waals surface area contributed by atoms with E-state index in [1.165, 1.54) is 6.08 Å². The number of hydrogen-bond acceptors (Lipinski definition) is 5. The van der Waals surface area contributed by atoms with Gasteiger partial charge < -0.3 is 18.9 Å². The number of ether oxygens (including phenoxy) is 4. The number of rotatable bonds is 9. The predicted octanol–water partition coefficient (Wildman–Crippen LogP) is 5.18. The first-order valence-corrected chi connectivity index (χ1v) is 10.3. The van der Waals surface area contributed by atoms with E-state index < -0.39 is 0 Å². The lowest BCUT2D eigenvalue weighted by Crippen LogP contribution is -2.04. The van der Waals surface area contributed by atoms with Gasteiger partial charge in [0, 0.05) is 12.1 Å². The Morgan fingerprint density at radius 1 is 0.935 bits per heavy atom. The fourth-order valence-electron chi connectivity index (χ4n) is 3.24. The Bertz CT molecular complexity index is 1030. The van der Waals surface area contributed by atoms with Crippen molar-refractivity contribution >= 4 is 12.0 Å². The summed E-state index contributed by atoms with van der Waals surface area (Å²) in [5.41, 5.74) is 3.04. The van der Waals surface area contributed by atoms with E-state index in [0.29, 0.717) is 37.6 Å². The van der Waals surface area contributed by atoms with E-state index in [1.807, 2.05) is 72.8 Å². The SMILES string of the molecule is O=C(/C=C/c1ccccc1)OCCCc1cc2c(cc1OCc1ccccc1)OCO2. The zero-order valence-electron chi connectivity index (χ0n) is 17.2. The van der Waals surface area contributed by atoms with Gasteiger partial charge in [0.15, 0.2) is 11.5 Å². The first kappa shape index (κ1) is 20.5. The van der Waals surface area contributed by atoms with Gasteiger partial charge in [-0.15, -0.1) is 0 Å². The third kappa shape index (κ3) is 5.89. The predicted molar refractivity (Wildman–Crippen MR) is 118 cm³/mol. The van der Waals surface area contributed by atoms with E-state index in [9.17, 15) is 4.79 Å². The van der Waals surface area contributed by atoms with Crippen LogP contribution in [0.1, 0.15) is 23.1 Å². The van der Waals surface area contributed by atoms with Gasteiger partial charge in [0.2, 0.25) is 6.79 Å². The summed E-state index contributed by atoms with van der Waals surface area (Å²) >= 11 is 0. The molecule has 0 unspecified atom stereocenters. The molecule has 1 heterocycles. The summed E-state index contributed by atoms with van der Waals surface area (Å²) < 4.78 is 22.4. The van der Waals surface area contributed by atoms with Crippen molar-refractivity contribution in [1.82, 2.24) is 0 Å². The topological polar surface area (TPSA) is 54.0 Å². The maximum atomic E-state index is 11.9. The standard InChI is InChI=1S/C26H24O5/c27-26(14-13-20-8-3-1-4-9-20)28-15-7-12-22-16-24-25(31-19-30-24)17-23(22)29-18-21-10-5-2-6-11-21/h1-6,8-11,13-14,16-17H,7,12,15,18-19H2/b14-13+. The second kappa shape index (κ2) is 10.3. The van der Waals surface area contributed by atoms with Gasteiger partial charge in [-0.25, -0.2) is 4.79 Å². The molecule has 1 aliphatic heterocycles. The smallest absolute Gasteiger partial charge is 0.330 e. The molecule has 31 heavy (non-hydrogen) atoms. The normalized spacial score (nSPS) is 12.1.